The highest BCUT2D eigenvalue weighted by molar-refractivity contribution is 7.89. The number of benzene rings is 2. The number of hydrazine groups is 1. The van der Waals surface area contributed by atoms with Crippen LogP contribution in [0.1, 0.15) is 18.4 Å². The fourth-order valence-corrected chi connectivity index (χ4v) is 3.96. The summed E-state index contributed by atoms with van der Waals surface area (Å²) in [5.41, 5.74) is 13.4. The Bertz CT molecular complexity index is 1070. The van der Waals surface area contributed by atoms with Crippen molar-refractivity contribution in [3.8, 4) is 0 Å². The van der Waals surface area contributed by atoms with E-state index in [2.05, 4.69) is 16.1 Å². The number of carbonyl (C=O) groups is 2. The first kappa shape index (κ1) is 26.7. The molecule has 0 saturated heterocycles. The number of amides is 2. The van der Waals surface area contributed by atoms with Crippen molar-refractivity contribution in [2.75, 3.05) is 6.54 Å². The SMILES string of the molecule is N=C(N)NCCC[C@H](NN(F)S(=O)(=O)c1ccccc1)C(=O)N[C@@H](Cc1ccccc1)C(N)=O. The van der Waals surface area contributed by atoms with Crippen LogP contribution in [0.5, 0.6) is 0 Å². The lowest BCUT2D eigenvalue weighted by atomic mass is 10.0. The minimum atomic E-state index is -4.59. The van der Waals surface area contributed by atoms with Crippen molar-refractivity contribution in [1.82, 2.24) is 20.7 Å². The fraction of sp³-hybridized carbons (Fsp3) is 0.286. The van der Waals surface area contributed by atoms with Gasteiger partial charge in [-0.2, -0.15) is 5.43 Å². The van der Waals surface area contributed by atoms with Crippen molar-refractivity contribution < 1.29 is 22.5 Å². The van der Waals surface area contributed by atoms with Gasteiger partial charge in [0.25, 0.3) is 10.0 Å². The van der Waals surface area contributed by atoms with Crippen LogP contribution in [0.3, 0.4) is 0 Å². The summed E-state index contributed by atoms with van der Waals surface area (Å²) in [4.78, 5) is 24.5. The van der Waals surface area contributed by atoms with Gasteiger partial charge in [-0.25, -0.2) is 8.42 Å². The van der Waals surface area contributed by atoms with Crippen molar-refractivity contribution >= 4 is 27.8 Å². The molecule has 8 N–H and O–H groups in total. The monoisotopic (exact) mass is 493 g/mol. The van der Waals surface area contributed by atoms with E-state index in [4.69, 9.17) is 16.9 Å². The van der Waals surface area contributed by atoms with Gasteiger partial charge in [-0.15, -0.1) is 4.48 Å². The van der Waals surface area contributed by atoms with E-state index >= 15 is 0 Å². The number of guanidine groups is 1. The molecular formula is C21H28FN7O4S. The zero-order valence-electron chi connectivity index (χ0n) is 18.3. The number of halogens is 1. The molecule has 0 fully saturated rings. The molecule has 0 aliphatic carbocycles. The van der Waals surface area contributed by atoms with E-state index in [0.717, 1.165) is 5.56 Å². The number of nitrogens with zero attached hydrogens (tertiary/aromatic N) is 1. The van der Waals surface area contributed by atoms with Crippen LogP contribution < -0.4 is 27.5 Å². The van der Waals surface area contributed by atoms with Gasteiger partial charge in [-0.3, -0.25) is 15.0 Å². The van der Waals surface area contributed by atoms with Crippen molar-refractivity contribution in [3.05, 3.63) is 66.2 Å². The quantitative estimate of drug-likeness (QED) is 0.0740. The van der Waals surface area contributed by atoms with E-state index in [1.807, 2.05) is 0 Å². The minimum absolute atomic E-state index is 0.0480. The number of nitrogens with one attached hydrogen (secondary N) is 4. The van der Waals surface area contributed by atoms with Gasteiger partial charge in [0.1, 0.15) is 12.1 Å². The van der Waals surface area contributed by atoms with Crippen LogP contribution >= 0.6 is 0 Å². The van der Waals surface area contributed by atoms with Crippen molar-refractivity contribution in [1.29, 1.82) is 5.41 Å². The minimum Gasteiger partial charge on any atom is -0.370 e. The summed E-state index contributed by atoms with van der Waals surface area (Å²) < 4.78 is 39.1. The second-order valence-electron chi connectivity index (χ2n) is 7.35. The Morgan fingerprint density at radius 1 is 1.00 bits per heavy atom. The van der Waals surface area contributed by atoms with E-state index in [-0.39, 0.29) is 36.7 Å². The number of carbonyl (C=O) groups excluding carboxylic acids is 2. The summed E-state index contributed by atoms with van der Waals surface area (Å²) in [5, 5.41) is 12.2. The summed E-state index contributed by atoms with van der Waals surface area (Å²) in [6, 6.07) is 13.2. The molecule has 11 nitrogen and oxygen atoms in total. The first-order valence-electron chi connectivity index (χ1n) is 10.3. The fourth-order valence-electron chi connectivity index (χ4n) is 3.01. The van der Waals surface area contributed by atoms with Gasteiger partial charge in [0.15, 0.2) is 5.96 Å². The summed E-state index contributed by atoms with van der Waals surface area (Å²) in [7, 11) is -4.59. The van der Waals surface area contributed by atoms with Crippen LogP contribution in [-0.2, 0) is 26.0 Å². The molecule has 13 heteroatoms. The first-order chi connectivity index (χ1) is 16.1. The van der Waals surface area contributed by atoms with Crippen LogP contribution in [0.25, 0.3) is 0 Å². The molecule has 0 spiro atoms. The van der Waals surface area contributed by atoms with Crippen LogP contribution in [-0.4, -0.2) is 49.5 Å². The predicted molar refractivity (Wildman–Crippen MR) is 124 cm³/mol. The van der Waals surface area contributed by atoms with E-state index in [1.54, 1.807) is 36.4 Å². The predicted octanol–water partition coefficient (Wildman–Crippen LogP) is -0.0889. The third-order valence-electron chi connectivity index (χ3n) is 4.75. The third-order valence-corrected chi connectivity index (χ3v) is 6.15. The van der Waals surface area contributed by atoms with Gasteiger partial charge in [0.2, 0.25) is 11.8 Å². The first-order valence-corrected chi connectivity index (χ1v) is 11.8. The Balaban J connectivity index is 2.16. The summed E-state index contributed by atoms with van der Waals surface area (Å²) in [5.74, 6) is -1.92. The lowest BCUT2D eigenvalue weighted by molar-refractivity contribution is -0.130. The van der Waals surface area contributed by atoms with E-state index in [1.165, 1.54) is 24.3 Å². The second-order valence-corrected chi connectivity index (χ2v) is 9.09. The molecular weight excluding hydrogens is 465 g/mol. The molecule has 2 atom stereocenters. The molecule has 184 valence electrons. The highest BCUT2D eigenvalue weighted by Gasteiger charge is 2.31. The lowest BCUT2D eigenvalue weighted by Gasteiger charge is -2.24. The van der Waals surface area contributed by atoms with Gasteiger partial charge in [-0.05, 0) is 30.5 Å². The highest BCUT2D eigenvalue weighted by atomic mass is 32.2. The average Bonchev–Trinajstić information content (AvgIpc) is 2.81. The lowest BCUT2D eigenvalue weighted by Crippen LogP contribution is -2.55. The maximum absolute atomic E-state index is 14.7. The van der Waals surface area contributed by atoms with Gasteiger partial charge >= 0.3 is 0 Å². The Labute approximate surface area is 197 Å². The van der Waals surface area contributed by atoms with Gasteiger partial charge < -0.3 is 22.1 Å². The van der Waals surface area contributed by atoms with Crippen molar-refractivity contribution in [2.45, 2.75) is 36.2 Å². The summed E-state index contributed by atoms with van der Waals surface area (Å²) in [6.07, 6.45) is 0.277. The number of hydrogen-bond donors (Lipinski definition) is 6. The Morgan fingerprint density at radius 2 is 1.59 bits per heavy atom. The van der Waals surface area contributed by atoms with E-state index in [9.17, 15) is 22.5 Å². The Kier molecular flexibility index (Phi) is 9.92. The van der Waals surface area contributed by atoms with Gasteiger partial charge in [0, 0.05) is 17.6 Å². The number of sulfonamides is 1. The molecule has 0 heterocycles. The molecule has 2 aromatic rings. The number of primary amides is 1. The maximum atomic E-state index is 14.7. The normalized spacial score (nSPS) is 13.1. The number of hydrogen-bond acceptors (Lipinski definition) is 6. The largest absolute Gasteiger partial charge is 0.370 e. The van der Waals surface area contributed by atoms with Crippen molar-refractivity contribution in [3.63, 3.8) is 0 Å². The molecule has 0 unspecified atom stereocenters. The number of nitrogens with two attached hydrogens (primary N) is 2. The van der Waals surface area contributed by atoms with Crippen LogP contribution in [0.15, 0.2) is 65.6 Å². The van der Waals surface area contributed by atoms with Crippen LogP contribution in [0.4, 0.5) is 4.48 Å². The standard InChI is InChI=1S/C21H28FN7O4S/c22-29(34(32,33)16-10-5-2-6-11-16)28-17(12-7-13-26-21(24)25)20(31)27-18(19(23)30)14-15-8-3-1-4-9-15/h1-6,8-11,17-18,28H,7,12-14H2,(H2,23,30)(H,27,31)(H4,24,25,26)/t17-,18-/m0/s1. The van der Waals surface area contributed by atoms with Crippen molar-refractivity contribution in [2.24, 2.45) is 11.5 Å². The molecule has 0 radical (unpaired) electrons. The molecule has 0 aliphatic heterocycles. The number of rotatable bonds is 13. The molecule has 2 aromatic carbocycles. The Hall–Kier alpha value is -3.55. The molecule has 0 saturated carbocycles. The molecule has 34 heavy (non-hydrogen) atoms. The second kappa shape index (κ2) is 12.6. The molecule has 0 aliphatic rings. The average molecular weight is 494 g/mol. The van der Waals surface area contributed by atoms with Crippen LogP contribution in [0.2, 0.25) is 0 Å². The maximum Gasteiger partial charge on any atom is 0.283 e. The molecule has 0 aromatic heterocycles. The van der Waals surface area contributed by atoms with E-state index in [0.29, 0.717) is 0 Å². The third kappa shape index (κ3) is 8.10. The molecule has 2 amide bonds. The zero-order chi connectivity index (χ0) is 25.1. The summed E-state index contributed by atoms with van der Waals surface area (Å²) >= 11 is 0. The van der Waals surface area contributed by atoms with E-state index < -0.39 is 38.6 Å². The molecule has 2 rings (SSSR count). The van der Waals surface area contributed by atoms with Gasteiger partial charge in [-0.1, -0.05) is 48.5 Å². The van der Waals surface area contributed by atoms with Gasteiger partial charge in [0.05, 0.1) is 4.90 Å². The Morgan fingerprint density at radius 3 is 2.15 bits per heavy atom. The zero-order valence-corrected chi connectivity index (χ0v) is 19.1. The summed E-state index contributed by atoms with van der Waals surface area (Å²) in [6.45, 7) is 0.182. The smallest absolute Gasteiger partial charge is 0.283 e. The molecule has 0 bridgehead atoms. The highest BCUT2D eigenvalue weighted by Crippen LogP contribution is 2.15. The van der Waals surface area contributed by atoms with Crippen LogP contribution in [0, 0.1) is 5.41 Å². The topological polar surface area (TPSA) is 184 Å².